The van der Waals surface area contributed by atoms with E-state index in [2.05, 4.69) is 6.92 Å². The largest absolute Gasteiger partial charge is 0.550 e. The highest BCUT2D eigenvalue weighted by Gasteiger charge is 2.14. The van der Waals surface area contributed by atoms with E-state index in [1.807, 2.05) is 21.1 Å². The molecule has 0 heterocycles. The van der Waals surface area contributed by atoms with Crippen LogP contribution in [0.4, 0.5) is 0 Å². The molecule has 1 atom stereocenters. The van der Waals surface area contributed by atoms with E-state index in [-0.39, 0.29) is 11.7 Å². The van der Waals surface area contributed by atoms with E-state index in [4.69, 9.17) is 16.7 Å². The summed E-state index contributed by atoms with van der Waals surface area (Å²) in [6, 6.07) is 0. The van der Waals surface area contributed by atoms with Gasteiger partial charge in [-0.1, -0.05) is 84.0 Å². The number of likely N-dealkylation sites (N-methyl/N-ethyl adjacent to an activating group) is 1. The normalized spacial score (nSPS) is 12.2. The second-order valence-corrected chi connectivity index (χ2v) is 9.47. The van der Waals surface area contributed by atoms with Crippen molar-refractivity contribution in [2.24, 2.45) is 0 Å². The fraction of sp³-hybridized carbons (Fsp3) is 0.913. The van der Waals surface area contributed by atoms with Crippen LogP contribution in [0.25, 0.3) is 0 Å². The molecule has 0 aliphatic carbocycles. The number of unbranched alkanes of at least 4 members (excludes halogenated alkanes) is 12. The second kappa shape index (κ2) is 20.6. The Labute approximate surface area is 184 Å². The fourth-order valence-electron chi connectivity index (χ4n) is 3.17. The number of nitrogens with zero attached hydrogens (tertiary/aromatic N) is 1. The summed E-state index contributed by atoms with van der Waals surface area (Å²) in [6.07, 6.45) is 16.8. The molecule has 0 saturated carbocycles. The Balaban J connectivity index is 0. The van der Waals surface area contributed by atoms with Gasteiger partial charge in [-0.25, -0.2) is 0 Å². The smallest absolute Gasteiger partial charge is 0.221 e. The van der Waals surface area contributed by atoms with Gasteiger partial charge in [-0.15, -0.1) is 0 Å². The first-order valence-electron chi connectivity index (χ1n) is 11.4. The number of carboxylic acid groups (broad SMARTS) is 1. The molecule has 0 aromatic rings. The highest BCUT2D eigenvalue weighted by molar-refractivity contribution is 6.63. The third-order valence-electron chi connectivity index (χ3n) is 4.64. The minimum Gasteiger partial charge on any atom is -0.550 e. The summed E-state index contributed by atoms with van der Waals surface area (Å²) in [4.78, 5) is 20.5. The Morgan fingerprint density at radius 3 is 1.52 bits per heavy atom. The Morgan fingerprint density at radius 2 is 1.21 bits per heavy atom. The summed E-state index contributed by atoms with van der Waals surface area (Å²) in [5, 5.41) is 19.0. The fourth-order valence-corrected chi connectivity index (χ4v) is 3.30. The molecule has 0 radical (unpaired) electrons. The quantitative estimate of drug-likeness (QED) is 0.196. The Bertz CT molecular complexity index is 397. The Kier molecular flexibility index (Phi) is 21.7. The SMILES string of the molecule is CCCCCCCCCCCCCCCC(=O)Cl.C[N+](C)(C)C[C@H](O)CC(=O)[O-]. The number of carbonyl (C=O) groups excluding carboxylic acids is 2. The summed E-state index contributed by atoms with van der Waals surface area (Å²) in [7, 11) is 5.66. The molecule has 0 aliphatic rings. The number of quaternary nitrogens is 1. The number of halogens is 1. The van der Waals surface area contributed by atoms with Crippen molar-refractivity contribution in [1.82, 2.24) is 0 Å². The molecule has 1 N–H and O–H groups in total. The number of hydrogen-bond acceptors (Lipinski definition) is 4. The predicted octanol–water partition coefficient (Wildman–Crippen LogP) is 4.43. The third-order valence-corrected chi connectivity index (χ3v) is 4.83. The van der Waals surface area contributed by atoms with Crippen molar-refractivity contribution in [3.8, 4) is 0 Å². The third kappa shape index (κ3) is 32.2. The summed E-state index contributed by atoms with van der Waals surface area (Å²) >= 11 is 5.28. The van der Waals surface area contributed by atoms with E-state index in [0.29, 0.717) is 17.4 Å². The van der Waals surface area contributed by atoms with Gasteiger partial charge in [0.25, 0.3) is 0 Å². The summed E-state index contributed by atoms with van der Waals surface area (Å²) in [6.45, 7) is 2.69. The maximum Gasteiger partial charge on any atom is 0.221 e. The molecule has 0 amide bonds. The second-order valence-electron chi connectivity index (χ2n) is 9.05. The van der Waals surface area contributed by atoms with Crippen LogP contribution in [0.2, 0.25) is 0 Å². The van der Waals surface area contributed by atoms with Crippen LogP contribution in [0.5, 0.6) is 0 Å². The maximum atomic E-state index is 10.5. The average molecular weight is 436 g/mol. The van der Waals surface area contributed by atoms with Crippen LogP contribution < -0.4 is 5.11 Å². The molecule has 0 aromatic carbocycles. The van der Waals surface area contributed by atoms with Crippen molar-refractivity contribution in [2.75, 3.05) is 27.7 Å². The van der Waals surface area contributed by atoms with Crippen LogP contribution in [0.15, 0.2) is 0 Å². The number of carboxylic acids is 1. The van der Waals surface area contributed by atoms with E-state index in [0.717, 1.165) is 12.8 Å². The average Bonchev–Trinajstić information content (AvgIpc) is 2.57. The lowest BCUT2D eigenvalue weighted by Gasteiger charge is -2.26. The molecule has 29 heavy (non-hydrogen) atoms. The first-order valence-corrected chi connectivity index (χ1v) is 11.8. The molecule has 5 nitrogen and oxygen atoms in total. The predicted molar refractivity (Wildman–Crippen MR) is 120 cm³/mol. The van der Waals surface area contributed by atoms with Crippen LogP contribution in [0.1, 0.15) is 103 Å². The lowest BCUT2D eigenvalue weighted by molar-refractivity contribution is -0.873. The molecule has 174 valence electrons. The zero-order chi connectivity index (χ0) is 22.5. The lowest BCUT2D eigenvalue weighted by atomic mass is 10.0. The van der Waals surface area contributed by atoms with Crippen molar-refractivity contribution < 1.29 is 24.3 Å². The molecule has 0 rings (SSSR count). The van der Waals surface area contributed by atoms with Crippen LogP contribution in [-0.2, 0) is 9.59 Å². The standard InChI is InChI=1S/C16H31ClO.C7H15NO3/c1-2-3-4-5-6-7-8-9-10-11-12-13-14-15-16(17)18;1-8(2,3)5-6(9)4-7(10)11/h2-15H2,1H3;6,9H,4-5H2,1-3H3/t;6-/m.1/s1. The highest BCUT2D eigenvalue weighted by atomic mass is 35.5. The van der Waals surface area contributed by atoms with E-state index in [1.54, 1.807) is 0 Å². The molecule has 6 heteroatoms. The van der Waals surface area contributed by atoms with Crippen molar-refractivity contribution in [3.63, 3.8) is 0 Å². The van der Waals surface area contributed by atoms with E-state index >= 15 is 0 Å². The van der Waals surface area contributed by atoms with Crippen LogP contribution in [-0.4, -0.2) is 54.6 Å². The molecular weight excluding hydrogens is 390 g/mol. The van der Waals surface area contributed by atoms with Gasteiger partial charge in [0.2, 0.25) is 5.24 Å². The summed E-state index contributed by atoms with van der Waals surface area (Å²) < 4.78 is 0.550. The van der Waals surface area contributed by atoms with Gasteiger partial charge in [-0.3, -0.25) is 4.79 Å². The maximum absolute atomic E-state index is 10.5. The zero-order valence-electron chi connectivity index (χ0n) is 19.4. The molecule has 0 bridgehead atoms. The number of aliphatic hydroxyl groups excluding tert-OH is 1. The van der Waals surface area contributed by atoms with Crippen molar-refractivity contribution in [2.45, 2.75) is 109 Å². The number of aliphatic hydroxyl groups is 1. The van der Waals surface area contributed by atoms with E-state index in [1.165, 1.54) is 70.6 Å². The van der Waals surface area contributed by atoms with Gasteiger partial charge in [-0.05, 0) is 18.0 Å². The van der Waals surface area contributed by atoms with Gasteiger partial charge in [-0.2, -0.15) is 0 Å². The van der Waals surface area contributed by atoms with Crippen LogP contribution in [0, 0.1) is 0 Å². The molecule has 0 saturated heterocycles. The molecule has 0 spiro atoms. The lowest BCUT2D eigenvalue weighted by Crippen LogP contribution is -2.43. The highest BCUT2D eigenvalue weighted by Crippen LogP contribution is 2.13. The molecule has 0 aromatic heterocycles. The van der Waals surface area contributed by atoms with Crippen molar-refractivity contribution >= 4 is 22.8 Å². The van der Waals surface area contributed by atoms with Gasteiger partial charge < -0.3 is 19.5 Å². The molecule has 0 fully saturated rings. The van der Waals surface area contributed by atoms with Gasteiger partial charge >= 0.3 is 0 Å². The number of aliphatic carboxylic acids is 1. The number of hydrogen-bond donors (Lipinski definition) is 1. The summed E-state index contributed by atoms with van der Waals surface area (Å²) in [5.74, 6) is -1.20. The van der Waals surface area contributed by atoms with Crippen LogP contribution >= 0.6 is 11.6 Å². The van der Waals surface area contributed by atoms with Crippen LogP contribution in [0.3, 0.4) is 0 Å². The minimum atomic E-state index is -1.20. The van der Waals surface area contributed by atoms with E-state index in [9.17, 15) is 14.7 Å². The first kappa shape index (κ1) is 30.5. The Morgan fingerprint density at radius 1 is 0.828 bits per heavy atom. The van der Waals surface area contributed by atoms with Crippen molar-refractivity contribution in [3.05, 3.63) is 0 Å². The monoisotopic (exact) mass is 435 g/mol. The molecular formula is C23H46ClNO4. The summed E-state index contributed by atoms with van der Waals surface area (Å²) in [5.41, 5.74) is 0. The van der Waals surface area contributed by atoms with E-state index < -0.39 is 12.1 Å². The first-order chi connectivity index (χ1) is 13.6. The van der Waals surface area contributed by atoms with Gasteiger partial charge in [0, 0.05) is 18.8 Å². The zero-order valence-corrected chi connectivity index (χ0v) is 20.1. The molecule has 0 unspecified atom stereocenters. The number of rotatable bonds is 18. The van der Waals surface area contributed by atoms with Gasteiger partial charge in [0.1, 0.15) is 12.6 Å². The minimum absolute atomic E-state index is 0.182. The van der Waals surface area contributed by atoms with Gasteiger partial charge in [0.05, 0.1) is 21.1 Å². The topological polar surface area (TPSA) is 77.4 Å². The Hall–Kier alpha value is -0.650. The van der Waals surface area contributed by atoms with Crippen molar-refractivity contribution in [1.29, 1.82) is 0 Å². The molecule has 0 aliphatic heterocycles. The van der Waals surface area contributed by atoms with Gasteiger partial charge in [0.15, 0.2) is 0 Å². The number of carbonyl (C=O) groups is 2.